The third kappa shape index (κ3) is 2.92. The first-order valence-electron chi connectivity index (χ1n) is 5.38. The van der Waals surface area contributed by atoms with Crippen molar-refractivity contribution in [2.75, 3.05) is 13.1 Å². The Hall–Kier alpha value is -1.10. The van der Waals surface area contributed by atoms with Crippen molar-refractivity contribution in [3.63, 3.8) is 0 Å². The number of carbonyl (C=O) groups excluding carboxylic acids is 2. The summed E-state index contributed by atoms with van der Waals surface area (Å²) in [5.74, 6) is -0.441. The fourth-order valence-electron chi connectivity index (χ4n) is 1.49. The lowest BCUT2D eigenvalue weighted by Gasteiger charge is -2.39. The van der Waals surface area contributed by atoms with Gasteiger partial charge < -0.3 is 16.0 Å². The van der Waals surface area contributed by atoms with Crippen molar-refractivity contribution >= 4 is 11.8 Å². The van der Waals surface area contributed by atoms with E-state index in [9.17, 15) is 9.59 Å². The van der Waals surface area contributed by atoms with E-state index in [2.05, 4.69) is 12.2 Å². The molecule has 2 amide bonds. The van der Waals surface area contributed by atoms with E-state index in [-0.39, 0.29) is 11.9 Å². The summed E-state index contributed by atoms with van der Waals surface area (Å²) in [6, 6.07) is -0.0570. The van der Waals surface area contributed by atoms with Crippen LogP contribution in [0.4, 0.5) is 0 Å². The molecule has 5 heteroatoms. The minimum Gasteiger partial charge on any atom is -0.368 e. The summed E-state index contributed by atoms with van der Waals surface area (Å²) in [5.41, 5.74) is 5.15. The van der Waals surface area contributed by atoms with Crippen molar-refractivity contribution in [3.05, 3.63) is 0 Å². The molecule has 2 atom stereocenters. The number of carbonyl (C=O) groups is 2. The second-order valence-corrected chi connectivity index (χ2v) is 3.98. The van der Waals surface area contributed by atoms with E-state index in [1.165, 1.54) is 4.90 Å². The van der Waals surface area contributed by atoms with Crippen LogP contribution >= 0.6 is 0 Å². The third-order valence-electron chi connectivity index (χ3n) is 2.88. The fourth-order valence-corrected chi connectivity index (χ4v) is 1.49. The lowest BCUT2D eigenvalue weighted by atomic mass is 10.0. The summed E-state index contributed by atoms with van der Waals surface area (Å²) in [4.78, 5) is 24.1. The molecule has 0 aromatic carbocycles. The number of amides is 2. The first-order chi connectivity index (χ1) is 7.06. The molecule has 0 saturated carbocycles. The molecule has 0 radical (unpaired) electrons. The van der Waals surface area contributed by atoms with Gasteiger partial charge in [0.05, 0.1) is 6.54 Å². The Morgan fingerprint density at radius 1 is 1.60 bits per heavy atom. The van der Waals surface area contributed by atoms with Crippen LogP contribution in [-0.4, -0.2) is 41.9 Å². The van der Waals surface area contributed by atoms with Gasteiger partial charge in [-0.2, -0.15) is 0 Å². The van der Waals surface area contributed by atoms with Gasteiger partial charge in [-0.25, -0.2) is 0 Å². The van der Waals surface area contributed by atoms with Gasteiger partial charge in [0.1, 0.15) is 6.04 Å². The summed E-state index contributed by atoms with van der Waals surface area (Å²) in [6.07, 6.45) is 1.68. The molecule has 1 aliphatic heterocycles. The largest absolute Gasteiger partial charge is 0.368 e. The highest BCUT2D eigenvalue weighted by Crippen LogP contribution is 2.16. The maximum atomic E-state index is 11.6. The minimum absolute atomic E-state index is 0.0367. The standard InChI is InChI=1S/C10H19N3O2/c1-3-7(2)12-6-9(14)13-5-4-8(13)10(11)15/h7-8,12H,3-6H2,1-2H3,(H2,11,15). The number of nitrogens with one attached hydrogen (secondary N) is 1. The maximum Gasteiger partial charge on any atom is 0.240 e. The summed E-state index contributed by atoms with van der Waals surface area (Å²) in [7, 11) is 0. The topological polar surface area (TPSA) is 75.4 Å². The number of nitrogens with zero attached hydrogens (tertiary/aromatic N) is 1. The van der Waals surface area contributed by atoms with Crippen LogP contribution in [0.15, 0.2) is 0 Å². The minimum atomic E-state index is -0.405. The zero-order chi connectivity index (χ0) is 11.4. The molecular formula is C10H19N3O2. The number of primary amides is 1. The summed E-state index contributed by atoms with van der Waals surface area (Å²) in [6.45, 7) is 5.01. The van der Waals surface area contributed by atoms with E-state index in [0.29, 0.717) is 25.6 Å². The summed E-state index contributed by atoms with van der Waals surface area (Å²) < 4.78 is 0. The van der Waals surface area contributed by atoms with Gasteiger partial charge >= 0.3 is 0 Å². The van der Waals surface area contributed by atoms with Gasteiger partial charge in [0.15, 0.2) is 0 Å². The van der Waals surface area contributed by atoms with E-state index in [1.807, 2.05) is 6.92 Å². The number of rotatable bonds is 5. The predicted molar refractivity (Wildman–Crippen MR) is 57.1 cm³/mol. The van der Waals surface area contributed by atoms with Crippen molar-refractivity contribution < 1.29 is 9.59 Å². The fraction of sp³-hybridized carbons (Fsp3) is 0.800. The van der Waals surface area contributed by atoms with Crippen molar-refractivity contribution in [1.82, 2.24) is 10.2 Å². The third-order valence-corrected chi connectivity index (χ3v) is 2.88. The normalized spacial score (nSPS) is 22.0. The van der Waals surface area contributed by atoms with Crippen LogP contribution in [0, 0.1) is 0 Å². The Bertz CT molecular complexity index is 255. The molecule has 1 saturated heterocycles. The summed E-state index contributed by atoms with van der Waals surface area (Å²) in [5, 5.41) is 3.10. The Morgan fingerprint density at radius 3 is 2.67 bits per heavy atom. The van der Waals surface area contributed by atoms with Crippen molar-refractivity contribution in [3.8, 4) is 0 Å². The Labute approximate surface area is 90.0 Å². The highest BCUT2D eigenvalue weighted by molar-refractivity contribution is 5.89. The quantitative estimate of drug-likeness (QED) is 0.644. The lowest BCUT2D eigenvalue weighted by Crippen LogP contribution is -2.59. The first-order valence-corrected chi connectivity index (χ1v) is 5.38. The zero-order valence-corrected chi connectivity index (χ0v) is 9.32. The van der Waals surface area contributed by atoms with Crippen LogP contribution in [0.1, 0.15) is 26.7 Å². The Balaban J connectivity index is 2.32. The van der Waals surface area contributed by atoms with Crippen molar-refractivity contribution in [2.24, 2.45) is 5.73 Å². The monoisotopic (exact) mass is 213 g/mol. The average Bonchev–Trinajstić information content (AvgIpc) is 2.11. The molecule has 1 fully saturated rings. The second-order valence-electron chi connectivity index (χ2n) is 3.98. The molecule has 1 heterocycles. The van der Waals surface area contributed by atoms with Crippen LogP contribution in [0.3, 0.4) is 0 Å². The second kappa shape index (κ2) is 5.11. The van der Waals surface area contributed by atoms with Crippen LogP contribution < -0.4 is 11.1 Å². The molecule has 3 N–H and O–H groups in total. The molecular weight excluding hydrogens is 194 g/mol. The molecule has 5 nitrogen and oxygen atoms in total. The van der Waals surface area contributed by atoms with Gasteiger partial charge in [0.25, 0.3) is 0 Å². The van der Waals surface area contributed by atoms with Crippen LogP contribution in [-0.2, 0) is 9.59 Å². The lowest BCUT2D eigenvalue weighted by molar-refractivity contribution is -0.145. The van der Waals surface area contributed by atoms with E-state index < -0.39 is 5.91 Å². The molecule has 1 aliphatic rings. The van der Waals surface area contributed by atoms with Crippen molar-refractivity contribution in [2.45, 2.75) is 38.8 Å². The van der Waals surface area contributed by atoms with Crippen LogP contribution in [0.2, 0.25) is 0 Å². The molecule has 0 aromatic heterocycles. The summed E-state index contributed by atoms with van der Waals surface area (Å²) >= 11 is 0. The number of likely N-dealkylation sites (tertiary alicyclic amines) is 1. The smallest absolute Gasteiger partial charge is 0.240 e. The van der Waals surface area contributed by atoms with Gasteiger partial charge in [0.2, 0.25) is 11.8 Å². The van der Waals surface area contributed by atoms with E-state index in [0.717, 1.165) is 6.42 Å². The van der Waals surface area contributed by atoms with Gasteiger partial charge in [-0.1, -0.05) is 6.92 Å². The average molecular weight is 213 g/mol. The van der Waals surface area contributed by atoms with Crippen LogP contribution in [0.25, 0.3) is 0 Å². The molecule has 0 aliphatic carbocycles. The number of hydrogen-bond acceptors (Lipinski definition) is 3. The van der Waals surface area contributed by atoms with Gasteiger partial charge in [-0.3, -0.25) is 9.59 Å². The molecule has 86 valence electrons. The number of nitrogens with two attached hydrogens (primary N) is 1. The van der Waals surface area contributed by atoms with E-state index in [4.69, 9.17) is 5.73 Å². The SMILES string of the molecule is CCC(C)NCC(=O)N1CCC1C(N)=O. The molecule has 0 spiro atoms. The van der Waals surface area contributed by atoms with Crippen LogP contribution in [0.5, 0.6) is 0 Å². The molecule has 0 bridgehead atoms. The number of hydrogen-bond donors (Lipinski definition) is 2. The zero-order valence-electron chi connectivity index (χ0n) is 9.32. The Kier molecular flexibility index (Phi) is 4.08. The maximum absolute atomic E-state index is 11.6. The Morgan fingerprint density at radius 2 is 2.27 bits per heavy atom. The first kappa shape index (κ1) is 12.0. The van der Waals surface area contributed by atoms with E-state index >= 15 is 0 Å². The highest BCUT2D eigenvalue weighted by atomic mass is 16.2. The molecule has 15 heavy (non-hydrogen) atoms. The van der Waals surface area contributed by atoms with E-state index in [1.54, 1.807) is 0 Å². The van der Waals surface area contributed by atoms with Gasteiger partial charge in [-0.15, -0.1) is 0 Å². The van der Waals surface area contributed by atoms with Crippen molar-refractivity contribution in [1.29, 1.82) is 0 Å². The molecule has 0 aromatic rings. The molecule has 1 rings (SSSR count). The highest BCUT2D eigenvalue weighted by Gasteiger charge is 2.35. The predicted octanol–water partition coefficient (Wildman–Crippen LogP) is -0.539. The molecule has 2 unspecified atom stereocenters. The van der Waals surface area contributed by atoms with Gasteiger partial charge in [-0.05, 0) is 19.8 Å². The van der Waals surface area contributed by atoms with Gasteiger partial charge in [0, 0.05) is 12.6 Å².